The molecule has 4 atom stereocenters. The van der Waals surface area contributed by atoms with Gasteiger partial charge in [-0.25, -0.2) is 0 Å². The molecule has 0 aromatic carbocycles. The van der Waals surface area contributed by atoms with Crippen LogP contribution in [-0.2, 0) is 27.4 Å². The van der Waals surface area contributed by atoms with Crippen molar-refractivity contribution in [2.45, 2.75) is 0 Å². The summed E-state index contributed by atoms with van der Waals surface area (Å²) < 4.78 is 73.8. The largest absolute Gasteiger partial charge is 0.357 e. The molecule has 18 heteroatoms. The first-order chi connectivity index (χ1) is 15.9. The molecule has 0 bridgehead atoms. The first-order valence-corrected chi connectivity index (χ1v) is 23.6. The van der Waals surface area contributed by atoms with Gasteiger partial charge in [0, 0.05) is 0 Å². The van der Waals surface area contributed by atoms with Crippen LogP contribution in [0.1, 0.15) is 0 Å². The maximum absolute atomic E-state index is 12.7. The van der Waals surface area contributed by atoms with E-state index >= 15 is 0 Å². The molecule has 4 unspecified atom stereocenters. The minimum Gasteiger partial charge on any atom is -0.322 e. The number of nitrogens with zero attached hydrogens (tertiary/aromatic N) is 6. The van der Waals surface area contributed by atoms with Gasteiger partial charge in [0.25, 0.3) is 0 Å². The van der Waals surface area contributed by atoms with E-state index in [1.54, 1.807) is 36.5 Å². The van der Waals surface area contributed by atoms with Gasteiger partial charge in [0.2, 0.25) is 43.0 Å². The summed E-state index contributed by atoms with van der Waals surface area (Å²) in [5.41, 5.74) is 0. The maximum atomic E-state index is 12.7. The van der Waals surface area contributed by atoms with Gasteiger partial charge in [-0.1, -0.05) is 18.3 Å². The van der Waals surface area contributed by atoms with Crippen LogP contribution in [-0.4, -0.2) is 106 Å². The molecule has 12 nitrogen and oxygen atoms in total. The Bertz CT molecular complexity index is 997. The Hall–Kier alpha value is -0.730. The van der Waals surface area contributed by atoms with E-state index in [0.29, 0.717) is 0 Å². The number of anilines is 3. The fourth-order valence-electron chi connectivity index (χ4n) is 3.07. The first kappa shape index (κ1) is 32.3. The second kappa shape index (κ2) is 13.7. The fourth-order valence-corrected chi connectivity index (χ4v) is 8.47. The average Bonchev–Trinajstić information content (AvgIpc) is 2.62. The summed E-state index contributed by atoms with van der Waals surface area (Å²) in [5.74, 6) is 0.248. The van der Waals surface area contributed by atoms with Crippen molar-refractivity contribution in [2.24, 2.45) is 0 Å². The van der Waals surface area contributed by atoms with E-state index in [1.165, 1.54) is 31.6 Å². The Labute approximate surface area is 211 Å². The van der Waals surface area contributed by atoms with Gasteiger partial charge >= 0.3 is 31.2 Å². The second-order valence-electron chi connectivity index (χ2n) is 9.36. The molecule has 1 rings (SSSR count). The molecule has 0 amide bonds. The van der Waals surface area contributed by atoms with Crippen LogP contribution in [0.25, 0.3) is 0 Å². The molecule has 1 aromatic rings. The van der Waals surface area contributed by atoms with E-state index in [9.17, 15) is 27.4 Å². The van der Waals surface area contributed by atoms with Crippen molar-refractivity contribution in [2.75, 3.05) is 106 Å². The second-order valence-corrected chi connectivity index (χ2v) is 22.4. The van der Waals surface area contributed by atoms with Crippen molar-refractivity contribution < 1.29 is 27.4 Å². The summed E-state index contributed by atoms with van der Waals surface area (Å²) in [6, 6.07) is 0. The molecule has 0 radical (unpaired) electrons. The molecule has 0 saturated carbocycles. The van der Waals surface area contributed by atoms with Gasteiger partial charge in [-0.3, -0.25) is 14.7 Å². The fraction of sp³-hybridized carbons (Fsp3) is 0.824. The minimum absolute atomic E-state index is 0.0378. The van der Waals surface area contributed by atoms with Gasteiger partial charge in [0.15, 0.2) is 0 Å². The molecule has 0 aliphatic rings. The molecule has 1 aromatic heterocycles. The van der Waals surface area contributed by atoms with E-state index in [0.717, 1.165) is 0 Å². The van der Waals surface area contributed by atoms with Gasteiger partial charge in [0.05, 0.1) is 12.6 Å². The molecule has 35 heavy (non-hydrogen) atoms. The summed E-state index contributed by atoms with van der Waals surface area (Å²) in [6.07, 6.45) is 0.259. The van der Waals surface area contributed by atoms with Crippen LogP contribution in [0.2, 0.25) is 0 Å². The van der Waals surface area contributed by atoms with Gasteiger partial charge in [-0.05, 0) is 26.7 Å². The Morgan fingerprint density at radius 3 is 1.00 bits per heavy atom. The zero-order valence-corrected chi connectivity index (χ0v) is 26.9. The monoisotopic (exact) mass is 606 g/mol. The van der Waals surface area contributed by atoms with E-state index < -0.39 is 45.5 Å². The third-order valence-electron chi connectivity index (χ3n) is 3.95. The van der Waals surface area contributed by atoms with Gasteiger partial charge in [-0.15, -0.1) is 0 Å². The van der Waals surface area contributed by atoms with Crippen molar-refractivity contribution >= 4 is 63.3 Å². The van der Waals surface area contributed by atoms with Gasteiger partial charge in [-0.2, -0.15) is 15.0 Å². The van der Waals surface area contributed by atoms with Crippen LogP contribution in [0.5, 0.6) is 0 Å². The molecular formula is C17H36N6O6P6+4. The number of aromatic nitrogens is 3. The molecule has 196 valence electrons. The minimum atomic E-state index is -2.64. The molecule has 1 heterocycles. The lowest BCUT2D eigenvalue weighted by atomic mass is 10.7. The Balaban J connectivity index is 3.84. The zero-order valence-electron chi connectivity index (χ0n) is 21.6. The maximum Gasteiger partial charge on any atom is 0.357 e. The molecule has 0 aliphatic heterocycles. The predicted octanol–water partition coefficient (Wildman–Crippen LogP) is 5.11. The normalized spacial score (nSPS) is 13.7. The SMILES string of the molecule is C[P+](=O)CN(C[P+](C)=O)c1nc(N(C[P+](C)=O)CP(C)(C)=O)nc(N(C[P+](C)=O)CP(C)(C)=O)n1. The summed E-state index contributed by atoms with van der Waals surface area (Å²) >= 11 is 0. The lowest BCUT2D eigenvalue weighted by Gasteiger charge is -2.25. The van der Waals surface area contributed by atoms with Crippen LogP contribution in [0.3, 0.4) is 0 Å². The van der Waals surface area contributed by atoms with Crippen molar-refractivity contribution in [3.63, 3.8) is 0 Å². The smallest absolute Gasteiger partial charge is 0.322 e. The molecule has 0 spiro atoms. The Kier molecular flexibility index (Phi) is 12.7. The van der Waals surface area contributed by atoms with Crippen LogP contribution in [0.4, 0.5) is 17.8 Å². The van der Waals surface area contributed by atoms with E-state index in [2.05, 4.69) is 15.0 Å². The molecule has 0 fully saturated rings. The zero-order chi connectivity index (χ0) is 27.1. The average molecular weight is 606 g/mol. The highest BCUT2D eigenvalue weighted by atomic mass is 31.2. The number of rotatable bonds is 15. The Morgan fingerprint density at radius 2 is 0.771 bits per heavy atom. The van der Waals surface area contributed by atoms with Gasteiger partial charge < -0.3 is 9.13 Å². The van der Waals surface area contributed by atoms with Crippen molar-refractivity contribution in [3.05, 3.63) is 0 Å². The Morgan fingerprint density at radius 1 is 0.543 bits per heavy atom. The van der Waals surface area contributed by atoms with Crippen LogP contribution < -0.4 is 14.7 Å². The van der Waals surface area contributed by atoms with Crippen LogP contribution >= 0.6 is 45.5 Å². The van der Waals surface area contributed by atoms with E-state index in [4.69, 9.17) is 0 Å². The lowest BCUT2D eigenvalue weighted by molar-refractivity contribution is 0.579. The number of hydrogen-bond acceptors (Lipinski definition) is 12. The van der Waals surface area contributed by atoms with Crippen molar-refractivity contribution in [1.82, 2.24) is 15.0 Å². The molecular weight excluding hydrogens is 570 g/mol. The predicted molar refractivity (Wildman–Crippen MR) is 149 cm³/mol. The van der Waals surface area contributed by atoms with Gasteiger partial charge in [0.1, 0.15) is 40.9 Å². The highest BCUT2D eigenvalue weighted by Gasteiger charge is 2.32. The highest BCUT2D eigenvalue weighted by Crippen LogP contribution is 2.41. The summed E-state index contributed by atoms with van der Waals surface area (Å²) in [6.45, 7) is 12.5. The standard InChI is InChI=1S/C17H36N6O6P6/c1-30(24)9-21(10-31(2)25)15-18-16(22(11-32(3)26)13-34(5,6)28)20-17(19-15)23(12-33(4)27)14-35(7,8)29/h9-14H2,1-8H3/q+4. The molecule has 0 saturated heterocycles. The highest BCUT2D eigenvalue weighted by molar-refractivity contribution is 7.62. The lowest BCUT2D eigenvalue weighted by Crippen LogP contribution is -2.32. The van der Waals surface area contributed by atoms with Crippen LogP contribution in [0.15, 0.2) is 0 Å². The number of hydrogen-bond donors (Lipinski definition) is 0. The van der Waals surface area contributed by atoms with Crippen molar-refractivity contribution in [1.29, 1.82) is 0 Å². The molecule has 0 N–H and O–H groups in total. The van der Waals surface area contributed by atoms with Crippen LogP contribution in [0, 0.1) is 0 Å². The molecule has 0 aliphatic carbocycles. The van der Waals surface area contributed by atoms with Crippen molar-refractivity contribution in [3.8, 4) is 0 Å². The third kappa shape index (κ3) is 13.4. The third-order valence-corrected chi connectivity index (χ3v) is 8.95. The van der Waals surface area contributed by atoms with E-state index in [-0.39, 0.29) is 55.6 Å². The first-order valence-electron chi connectivity index (χ1n) is 10.5. The van der Waals surface area contributed by atoms with E-state index in [1.807, 2.05) is 0 Å². The summed E-state index contributed by atoms with van der Waals surface area (Å²) in [7, 11) is -12.0. The summed E-state index contributed by atoms with van der Waals surface area (Å²) in [5, 5.41) is 0. The summed E-state index contributed by atoms with van der Waals surface area (Å²) in [4.78, 5) is 18.1. The quantitative estimate of drug-likeness (QED) is 0.244. The topological polar surface area (TPSA) is 151 Å².